The zero-order valence-corrected chi connectivity index (χ0v) is 17.1. The van der Waals surface area contributed by atoms with E-state index in [4.69, 9.17) is 0 Å². The molecule has 2 atom stereocenters. The van der Waals surface area contributed by atoms with Crippen LogP contribution in [0.4, 0.5) is 0 Å². The van der Waals surface area contributed by atoms with Gasteiger partial charge in [0.05, 0.1) is 5.54 Å². The fraction of sp³-hybridized carbons (Fsp3) is 0.500. The average Bonchev–Trinajstić information content (AvgIpc) is 3.29. The van der Waals surface area contributed by atoms with Crippen LogP contribution in [0.3, 0.4) is 0 Å². The summed E-state index contributed by atoms with van der Waals surface area (Å²) in [4.78, 5) is 26.4. The van der Waals surface area contributed by atoms with E-state index in [0.717, 1.165) is 24.8 Å². The van der Waals surface area contributed by atoms with Crippen molar-refractivity contribution in [2.45, 2.75) is 76.8 Å². The van der Waals surface area contributed by atoms with E-state index in [1.54, 1.807) is 0 Å². The topological polar surface area (TPSA) is 51.1 Å². The van der Waals surface area contributed by atoms with Gasteiger partial charge in [-0.2, -0.15) is 0 Å². The lowest BCUT2D eigenvalue weighted by atomic mass is 9.92. The molecule has 28 heavy (non-hydrogen) atoms. The number of hydrogen-bond donors (Lipinski definition) is 1. The summed E-state index contributed by atoms with van der Waals surface area (Å²) < 4.78 is 1.92. The van der Waals surface area contributed by atoms with E-state index >= 15 is 0 Å². The molecule has 4 nitrogen and oxygen atoms in total. The highest BCUT2D eigenvalue weighted by atomic mass is 16.2. The van der Waals surface area contributed by atoms with E-state index < -0.39 is 5.54 Å². The van der Waals surface area contributed by atoms with Crippen molar-refractivity contribution in [2.24, 2.45) is 0 Å². The molecule has 1 amide bonds. The van der Waals surface area contributed by atoms with E-state index in [-0.39, 0.29) is 11.5 Å². The van der Waals surface area contributed by atoms with Crippen molar-refractivity contribution < 1.29 is 4.79 Å². The monoisotopic (exact) mass is 378 g/mol. The van der Waals surface area contributed by atoms with Gasteiger partial charge in [0.15, 0.2) is 0 Å². The van der Waals surface area contributed by atoms with Crippen LogP contribution in [-0.2, 0) is 12.1 Å². The van der Waals surface area contributed by atoms with Crippen LogP contribution in [0.5, 0.6) is 0 Å². The zero-order valence-electron chi connectivity index (χ0n) is 17.1. The van der Waals surface area contributed by atoms with Crippen LogP contribution in [-0.4, -0.2) is 10.5 Å². The Bertz CT molecular complexity index is 943. The lowest BCUT2D eigenvalue weighted by molar-refractivity contribution is 0.0909. The third-order valence-corrected chi connectivity index (χ3v) is 6.52. The Morgan fingerprint density at radius 2 is 1.89 bits per heavy atom. The number of carbonyl (C=O) groups excluding carboxylic acids is 1. The minimum absolute atomic E-state index is 0.124. The van der Waals surface area contributed by atoms with Gasteiger partial charge in [-0.05, 0) is 62.6 Å². The number of rotatable bonds is 6. The Kier molecular flexibility index (Phi) is 4.90. The quantitative estimate of drug-likeness (QED) is 0.793. The van der Waals surface area contributed by atoms with Gasteiger partial charge in [0.25, 0.3) is 11.5 Å². The number of nitrogens with one attached hydrogen (secondary N) is 1. The molecule has 1 N–H and O–H groups in total. The molecule has 4 rings (SSSR count). The van der Waals surface area contributed by atoms with Gasteiger partial charge in [-0.1, -0.05) is 43.7 Å². The van der Waals surface area contributed by atoms with E-state index in [2.05, 4.69) is 12.2 Å². The Morgan fingerprint density at radius 3 is 2.61 bits per heavy atom. The molecule has 0 unspecified atom stereocenters. The summed E-state index contributed by atoms with van der Waals surface area (Å²) in [7, 11) is 0. The van der Waals surface area contributed by atoms with Gasteiger partial charge in [-0.3, -0.25) is 9.59 Å². The number of unbranched alkanes of at least 4 members (excludes halogenated alkanes) is 1. The molecule has 0 aliphatic heterocycles. The molecule has 2 bridgehead atoms. The number of pyridine rings is 1. The first-order valence-corrected chi connectivity index (χ1v) is 10.6. The molecule has 0 spiro atoms. The molecule has 148 valence electrons. The minimum atomic E-state index is -0.545. The Morgan fingerprint density at radius 1 is 1.18 bits per heavy atom. The van der Waals surface area contributed by atoms with Gasteiger partial charge in [-0.25, -0.2) is 0 Å². The van der Waals surface area contributed by atoms with Crippen LogP contribution in [0.25, 0.3) is 0 Å². The normalized spacial score (nSPS) is 20.2. The number of amides is 1. The zero-order chi connectivity index (χ0) is 19.9. The Labute approximate surface area is 167 Å². The first-order valence-electron chi connectivity index (χ1n) is 10.6. The van der Waals surface area contributed by atoms with Gasteiger partial charge in [0.1, 0.15) is 5.56 Å². The van der Waals surface area contributed by atoms with Gasteiger partial charge in [0.2, 0.25) is 0 Å². The van der Waals surface area contributed by atoms with Crippen molar-refractivity contribution in [3.8, 4) is 0 Å². The predicted octanol–water partition coefficient (Wildman–Crippen LogP) is 4.68. The fourth-order valence-corrected chi connectivity index (χ4v) is 4.98. The molecule has 0 radical (unpaired) electrons. The number of hydrogen-bond acceptors (Lipinski definition) is 2. The summed E-state index contributed by atoms with van der Waals surface area (Å²) >= 11 is 0. The molecule has 4 heteroatoms. The van der Waals surface area contributed by atoms with E-state index in [0.29, 0.717) is 23.9 Å². The van der Waals surface area contributed by atoms with Crippen molar-refractivity contribution >= 4 is 5.91 Å². The largest absolute Gasteiger partial charge is 0.343 e. The van der Waals surface area contributed by atoms with Crippen LogP contribution in [0.15, 0.2) is 41.2 Å². The molecule has 2 aliphatic carbocycles. The molecule has 1 aromatic heterocycles. The highest BCUT2D eigenvalue weighted by Crippen LogP contribution is 2.52. The molecule has 1 heterocycles. The van der Waals surface area contributed by atoms with E-state index in [1.165, 1.54) is 24.1 Å². The van der Waals surface area contributed by atoms with Crippen LogP contribution < -0.4 is 10.9 Å². The molecule has 1 aromatic carbocycles. The summed E-state index contributed by atoms with van der Waals surface area (Å²) in [6.07, 6.45) is 5.49. The van der Waals surface area contributed by atoms with Crippen LogP contribution in [0.2, 0.25) is 0 Å². The molecular formula is C24H30N2O2. The highest BCUT2D eigenvalue weighted by Gasteiger charge is 2.40. The van der Waals surface area contributed by atoms with Crippen molar-refractivity contribution in [3.63, 3.8) is 0 Å². The molecule has 1 fully saturated rings. The van der Waals surface area contributed by atoms with Crippen LogP contribution >= 0.6 is 0 Å². The lowest BCUT2D eigenvalue weighted by Gasteiger charge is -2.28. The summed E-state index contributed by atoms with van der Waals surface area (Å²) in [6, 6.07) is 11.8. The second kappa shape index (κ2) is 7.23. The summed E-state index contributed by atoms with van der Waals surface area (Å²) in [6.45, 7) is 6.80. The summed E-state index contributed by atoms with van der Waals surface area (Å²) in [5, 5.41) is 3.10. The lowest BCUT2D eigenvalue weighted by Crippen LogP contribution is -2.44. The van der Waals surface area contributed by atoms with Gasteiger partial charge < -0.3 is 9.88 Å². The van der Waals surface area contributed by atoms with Crippen molar-refractivity contribution in [1.82, 2.24) is 9.88 Å². The second-order valence-electron chi connectivity index (χ2n) is 8.86. The van der Waals surface area contributed by atoms with E-state index in [9.17, 15) is 9.59 Å². The second-order valence-corrected chi connectivity index (χ2v) is 8.86. The summed E-state index contributed by atoms with van der Waals surface area (Å²) in [5.74, 6) is 0.749. The van der Waals surface area contributed by atoms with Crippen LogP contribution in [0, 0.1) is 0 Å². The first-order chi connectivity index (χ1) is 13.4. The average molecular weight is 379 g/mol. The smallest absolute Gasteiger partial charge is 0.263 e. The maximum absolute atomic E-state index is 13.3. The van der Waals surface area contributed by atoms with Gasteiger partial charge >= 0.3 is 0 Å². The highest BCUT2D eigenvalue weighted by molar-refractivity contribution is 5.94. The first kappa shape index (κ1) is 19.0. The maximum atomic E-state index is 13.3. The molecule has 1 saturated carbocycles. The number of carbonyl (C=O) groups is 1. The minimum Gasteiger partial charge on any atom is -0.343 e. The Hall–Kier alpha value is -2.36. The van der Waals surface area contributed by atoms with Gasteiger partial charge in [0, 0.05) is 18.2 Å². The Balaban J connectivity index is 1.71. The number of benzene rings is 1. The molecule has 0 saturated heterocycles. The van der Waals surface area contributed by atoms with Crippen molar-refractivity contribution in [1.29, 1.82) is 0 Å². The van der Waals surface area contributed by atoms with Crippen LogP contribution in [0.1, 0.15) is 91.9 Å². The summed E-state index contributed by atoms with van der Waals surface area (Å²) in [5.41, 5.74) is 3.11. The third kappa shape index (κ3) is 3.19. The molecule has 2 aromatic rings. The number of fused-ring (bicyclic) bond motifs is 5. The molecule has 2 aliphatic rings. The SMILES string of the molecule is CCCCn1c2c(cc(C(=O)NC(C)(C)c3ccccc3)c1=O)[C@H]1CC[C@@H]2C1. The maximum Gasteiger partial charge on any atom is 0.263 e. The standard InChI is InChI=1S/C24H30N2O2/c1-4-5-13-26-21-17-12-11-16(14-17)19(21)15-20(23(26)28)22(27)25-24(2,3)18-9-7-6-8-10-18/h6-10,15-17H,4-5,11-14H2,1-3H3,(H,25,27)/t16-,17+/m0/s1. The van der Waals surface area contributed by atoms with Crippen molar-refractivity contribution in [3.05, 3.63) is 69.1 Å². The predicted molar refractivity (Wildman–Crippen MR) is 112 cm³/mol. The number of nitrogens with zero attached hydrogens (tertiary/aromatic N) is 1. The van der Waals surface area contributed by atoms with Crippen molar-refractivity contribution in [2.75, 3.05) is 0 Å². The third-order valence-electron chi connectivity index (χ3n) is 6.52. The van der Waals surface area contributed by atoms with Gasteiger partial charge in [-0.15, -0.1) is 0 Å². The molecular weight excluding hydrogens is 348 g/mol. The number of aromatic nitrogens is 1. The fourth-order valence-electron chi connectivity index (χ4n) is 4.98. The van der Waals surface area contributed by atoms with E-state index in [1.807, 2.05) is 54.8 Å².